The van der Waals surface area contributed by atoms with Crippen LogP contribution in [0.5, 0.6) is 0 Å². The van der Waals surface area contributed by atoms with E-state index >= 15 is 0 Å². The van der Waals surface area contributed by atoms with Crippen LogP contribution in [0.1, 0.15) is 19.4 Å². The van der Waals surface area contributed by atoms with Crippen LogP contribution in [0, 0.1) is 0 Å². The Bertz CT molecular complexity index is 422. The fourth-order valence-corrected chi connectivity index (χ4v) is 1.53. The van der Waals surface area contributed by atoms with Gasteiger partial charge in [-0.2, -0.15) is 0 Å². The molecule has 0 fully saturated rings. The number of hydrogen-bond acceptors (Lipinski definition) is 1. The van der Waals surface area contributed by atoms with Gasteiger partial charge >= 0.3 is 0 Å². The van der Waals surface area contributed by atoms with Gasteiger partial charge in [0.2, 0.25) is 0 Å². The molecule has 0 N–H and O–H groups in total. The molecule has 1 aromatic rings. The fraction of sp³-hybridized carbons (Fsp3) is 0.214. The molecule has 0 radical (unpaired) electrons. The molecular formula is C14H15N. The lowest BCUT2D eigenvalue weighted by molar-refractivity contribution is 0.662. The van der Waals surface area contributed by atoms with Crippen LogP contribution >= 0.6 is 0 Å². The van der Waals surface area contributed by atoms with E-state index in [0.29, 0.717) is 0 Å². The maximum absolute atomic E-state index is 4.44. The van der Waals surface area contributed by atoms with Gasteiger partial charge in [0.15, 0.2) is 0 Å². The monoisotopic (exact) mass is 197 g/mol. The highest BCUT2D eigenvalue weighted by molar-refractivity contribution is 5.89. The van der Waals surface area contributed by atoms with Gasteiger partial charge in [0, 0.05) is 6.21 Å². The molecule has 0 amide bonds. The van der Waals surface area contributed by atoms with Crippen LogP contribution < -0.4 is 0 Å². The third kappa shape index (κ3) is 2.44. The smallest absolute Gasteiger partial charge is 0.0734 e. The summed E-state index contributed by atoms with van der Waals surface area (Å²) in [5, 5.41) is 0. The molecular weight excluding hydrogens is 182 g/mol. The summed E-state index contributed by atoms with van der Waals surface area (Å²) in [6.07, 6.45) is 8.22. The maximum Gasteiger partial charge on any atom is 0.0734 e. The predicted octanol–water partition coefficient (Wildman–Crippen LogP) is 3.49. The van der Waals surface area contributed by atoms with Crippen LogP contribution in [0.25, 0.3) is 5.57 Å². The topological polar surface area (TPSA) is 12.4 Å². The number of rotatable bonds is 1. The first-order valence-electron chi connectivity index (χ1n) is 5.18. The molecule has 0 saturated carbocycles. The van der Waals surface area contributed by atoms with Crippen LogP contribution in [0.3, 0.4) is 0 Å². The van der Waals surface area contributed by atoms with Crippen molar-refractivity contribution in [2.24, 2.45) is 4.99 Å². The minimum atomic E-state index is -0.0902. The highest BCUT2D eigenvalue weighted by Crippen LogP contribution is 2.21. The van der Waals surface area contributed by atoms with Gasteiger partial charge in [0.1, 0.15) is 0 Å². The molecule has 1 heteroatoms. The van der Waals surface area contributed by atoms with E-state index in [1.54, 1.807) is 0 Å². The van der Waals surface area contributed by atoms with Gasteiger partial charge in [-0.25, -0.2) is 0 Å². The van der Waals surface area contributed by atoms with Crippen molar-refractivity contribution in [3.05, 3.63) is 54.1 Å². The zero-order valence-corrected chi connectivity index (χ0v) is 9.14. The van der Waals surface area contributed by atoms with E-state index in [1.165, 1.54) is 11.1 Å². The Hall–Kier alpha value is -1.63. The van der Waals surface area contributed by atoms with E-state index in [-0.39, 0.29) is 5.54 Å². The van der Waals surface area contributed by atoms with Crippen molar-refractivity contribution in [2.75, 3.05) is 0 Å². The second-order valence-corrected chi connectivity index (χ2v) is 4.25. The van der Waals surface area contributed by atoms with Crippen molar-refractivity contribution in [3.63, 3.8) is 0 Å². The summed E-state index contributed by atoms with van der Waals surface area (Å²) in [6.45, 7) is 4.20. The molecule has 1 aromatic carbocycles. The van der Waals surface area contributed by atoms with Crippen LogP contribution in [-0.2, 0) is 0 Å². The second kappa shape index (κ2) is 3.85. The molecule has 76 valence electrons. The van der Waals surface area contributed by atoms with Crippen molar-refractivity contribution in [1.82, 2.24) is 0 Å². The van der Waals surface area contributed by atoms with Gasteiger partial charge in [-0.15, -0.1) is 0 Å². The Kier molecular flexibility index (Phi) is 2.55. The molecule has 15 heavy (non-hydrogen) atoms. The molecule has 1 nitrogen and oxygen atoms in total. The van der Waals surface area contributed by atoms with E-state index < -0.39 is 0 Å². The molecule has 2 rings (SSSR count). The predicted molar refractivity (Wildman–Crippen MR) is 66.1 cm³/mol. The van der Waals surface area contributed by atoms with Crippen molar-refractivity contribution in [3.8, 4) is 0 Å². The lowest BCUT2D eigenvalue weighted by atomic mass is 10.0. The lowest BCUT2D eigenvalue weighted by Crippen LogP contribution is -2.11. The maximum atomic E-state index is 4.44. The summed E-state index contributed by atoms with van der Waals surface area (Å²) in [6, 6.07) is 10.4. The molecule has 0 aliphatic carbocycles. The van der Waals surface area contributed by atoms with Gasteiger partial charge in [-0.1, -0.05) is 42.5 Å². The van der Waals surface area contributed by atoms with Gasteiger partial charge in [0.05, 0.1) is 5.54 Å². The molecule has 0 atom stereocenters. The summed E-state index contributed by atoms with van der Waals surface area (Å²) in [4.78, 5) is 4.44. The van der Waals surface area contributed by atoms with Gasteiger partial charge in [-0.3, -0.25) is 4.99 Å². The normalized spacial score (nSPS) is 18.4. The van der Waals surface area contributed by atoms with Crippen molar-refractivity contribution >= 4 is 11.8 Å². The average Bonchev–Trinajstić information content (AvgIpc) is 2.41. The SMILES string of the molecule is CC1(C)C=CC(c2ccccc2)=CC=N1. The van der Waals surface area contributed by atoms with Gasteiger partial charge < -0.3 is 0 Å². The van der Waals surface area contributed by atoms with Crippen LogP contribution in [0.15, 0.2) is 53.6 Å². The molecule has 0 unspecified atom stereocenters. The van der Waals surface area contributed by atoms with Crippen LogP contribution in [-0.4, -0.2) is 11.8 Å². The molecule has 0 bridgehead atoms. The fourth-order valence-electron chi connectivity index (χ4n) is 1.53. The Morgan fingerprint density at radius 2 is 1.80 bits per heavy atom. The molecule has 0 saturated heterocycles. The highest BCUT2D eigenvalue weighted by atomic mass is 14.8. The summed E-state index contributed by atoms with van der Waals surface area (Å²) in [5.41, 5.74) is 2.36. The molecule has 0 aromatic heterocycles. The van der Waals surface area contributed by atoms with E-state index in [0.717, 1.165) is 0 Å². The van der Waals surface area contributed by atoms with E-state index in [2.05, 4.69) is 61.3 Å². The molecule has 1 heterocycles. The zero-order valence-electron chi connectivity index (χ0n) is 9.14. The Balaban J connectivity index is 2.34. The molecule has 1 aliphatic heterocycles. The van der Waals surface area contributed by atoms with Crippen molar-refractivity contribution in [1.29, 1.82) is 0 Å². The third-order valence-corrected chi connectivity index (χ3v) is 2.44. The van der Waals surface area contributed by atoms with Crippen LogP contribution in [0.4, 0.5) is 0 Å². The molecule has 0 spiro atoms. The number of aliphatic imine (C=N–C) groups is 1. The second-order valence-electron chi connectivity index (χ2n) is 4.25. The minimum Gasteiger partial charge on any atom is -0.283 e. The Morgan fingerprint density at radius 1 is 1.07 bits per heavy atom. The Morgan fingerprint density at radius 3 is 2.53 bits per heavy atom. The first-order valence-corrected chi connectivity index (χ1v) is 5.18. The van der Waals surface area contributed by atoms with E-state index in [1.807, 2.05) is 12.3 Å². The van der Waals surface area contributed by atoms with E-state index in [4.69, 9.17) is 0 Å². The minimum absolute atomic E-state index is 0.0902. The average molecular weight is 197 g/mol. The highest BCUT2D eigenvalue weighted by Gasteiger charge is 2.11. The first kappa shape index (κ1) is 9.91. The third-order valence-electron chi connectivity index (χ3n) is 2.44. The quantitative estimate of drug-likeness (QED) is 0.653. The van der Waals surface area contributed by atoms with Gasteiger partial charge in [0.25, 0.3) is 0 Å². The first-order chi connectivity index (χ1) is 7.17. The van der Waals surface area contributed by atoms with E-state index in [9.17, 15) is 0 Å². The number of benzene rings is 1. The van der Waals surface area contributed by atoms with Gasteiger partial charge in [-0.05, 0) is 31.1 Å². The summed E-state index contributed by atoms with van der Waals surface area (Å²) >= 11 is 0. The Labute approximate surface area is 90.9 Å². The number of hydrogen-bond donors (Lipinski definition) is 0. The van der Waals surface area contributed by atoms with Crippen molar-refractivity contribution in [2.45, 2.75) is 19.4 Å². The number of allylic oxidation sites excluding steroid dienone is 3. The molecule has 1 aliphatic rings. The standard InChI is InChI=1S/C14H15N/c1-14(2)10-8-13(9-11-15-14)12-6-4-3-5-7-12/h3-11H,1-2H3. The summed E-state index contributed by atoms with van der Waals surface area (Å²) in [7, 11) is 0. The van der Waals surface area contributed by atoms with Crippen LogP contribution in [0.2, 0.25) is 0 Å². The van der Waals surface area contributed by atoms with Crippen molar-refractivity contribution < 1.29 is 0 Å². The lowest BCUT2D eigenvalue weighted by Gasteiger charge is -2.11. The summed E-state index contributed by atoms with van der Waals surface area (Å²) in [5.74, 6) is 0. The largest absolute Gasteiger partial charge is 0.283 e. The summed E-state index contributed by atoms with van der Waals surface area (Å²) < 4.78 is 0. The zero-order chi connectivity index (χ0) is 10.7. The number of nitrogens with zero attached hydrogens (tertiary/aromatic N) is 1.